The van der Waals surface area contributed by atoms with E-state index in [9.17, 15) is 9.59 Å². The minimum atomic E-state index is -0.217. The second-order valence-corrected chi connectivity index (χ2v) is 7.78. The lowest BCUT2D eigenvalue weighted by molar-refractivity contribution is -0.121. The third-order valence-electron chi connectivity index (χ3n) is 4.88. The molecule has 140 valence electrons. The third-order valence-corrected chi connectivity index (χ3v) is 6.08. The number of nitrogens with zero attached hydrogens (tertiary/aromatic N) is 2. The van der Waals surface area contributed by atoms with Crippen LogP contribution >= 0.6 is 11.3 Å². The maximum absolute atomic E-state index is 12.9. The van der Waals surface area contributed by atoms with E-state index in [1.165, 1.54) is 22.2 Å². The summed E-state index contributed by atoms with van der Waals surface area (Å²) in [7, 11) is 1.61. The molecule has 27 heavy (non-hydrogen) atoms. The molecule has 2 heterocycles. The quantitative estimate of drug-likeness (QED) is 0.735. The first-order chi connectivity index (χ1) is 13.2. The Morgan fingerprint density at radius 3 is 3.04 bits per heavy atom. The first-order valence-electron chi connectivity index (χ1n) is 9.05. The molecule has 0 spiro atoms. The van der Waals surface area contributed by atoms with Crippen molar-refractivity contribution in [3.8, 4) is 5.75 Å². The van der Waals surface area contributed by atoms with Gasteiger partial charge in [-0.3, -0.25) is 14.2 Å². The Morgan fingerprint density at radius 2 is 2.19 bits per heavy atom. The summed E-state index contributed by atoms with van der Waals surface area (Å²) in [6.07, 6.45) is 5.71. The number of nitrogens with one attached hydrogen (secondary N) is 1. The maximum atomic E-state index is 12.9. The molecule has 1 aliphatic rings. The van der Waals surface area contributed by atoms with Crippen LogP contribution in [0.2, 0.25) is 0 Å². The fourth-order valence-electron chi connectivity index (χ4n) is 3.49. The number of fused-ring (bicyclic) bond motifs is 3. The van der Waals surface area contributed by atoms with Gasteiger partial charge in [-0.15, -0.1) is 11.3 Å². The van der Waals surface area contributed by atoms with Gasteiger partial charge in [0.1, 0.15) is 17.1 Å². The fraction of sp³-hybridized carbons (Fsp3) is 0.350. The van der Waals surface area contributed by atoms with Crippen molar-refractivity contribution in [3.63, 3.8) is 0 Å². The number of thiophene rings is 1. The number of rotatable bonds is 5. The standard InChI is InChI=1S/C20H21N3O3S/c1-26-14-6-4-5-13(9-14)10-21-17(24)11-23-12-22-19-18(20(23)25)15-7-2-3-8-16(15)27-19/h4-6,9,12H,2-3,7-8,10-11H2,1H3,(H,21,24). The number of carbonyl (C=O) groups excluding carboxylic acids is 1. The van der Waals surface area contributed by atoms with Crippen LogP contribution in [0.25, 0.3) is 10.2 Å². The average Bonchev–Trinajstić information content (AvgIpc) is 3.08. The Morgan fingerprint density at radius 1 is 1.33 bits per heavy atom. The summed E-state index contributed by atoms with van der Waals surface area (Å²) in [5.41, 5.74) is 1.97. The van der Waals surface area contributed by atoms with E-state index in [1.54, 1.807) is 18.4 Å². The van der Waals surface area contributed by atoms with E-state index in [2.05, 4.69) is 10.3 Å². The van der Waals surface area contributed by atoms with Crippen LogP contribution in [0.1, 0.15) is 28.8 Å². The number of benzene rings is 1. The number of methoxy groups -OCH3 is 1. The number of hydrogen-bond donors (Lipinski definition) is 1. The summed E-state index contributed by atoms with van der Waals surface area (Å²) < 4.78 is 6.59. The van der Waals surface area contributed by atoms with Crippen LogP contribution in [-0.4, -0.2) is 22.6 Å². The van der Waals surface area contributed by atoms with Crippen molar-refractivity contribution < 1.29 is 9.53 Å². The van der Waals surface area contributed by atoms with Crippen molar-refractivity contribution in [2.45, 2.75) is 38.8 Å². The van der Waals surface area contributed by atoms with Gasteiger partial charge in [-0.2, -0.15) is 0 Å². The number of carbonyl (C=O) groups is 1. The van der Waals surface area contributed by atoms with Crippen molar-refractivity contribution >= 4 is 27.5 Å². The van der Waals surface area contributed by atoms with E-state index in [0.717, 1.165) is 41.0 Å². The summed E-state index contributed by atoms with van der Waals surface area (Å²) in [6.45, 7) is 0.352. The molecule has 6 nitrogen and oxygen atoms in total. The Labute approximate surface area is 160 Å². The van der Waals surface area contributed by atoms with Gasteiger partial charge in [0, 0.05) is 11.4 Å². The number of aromatic nitrogens is 2. The highest BCUT2D eigenvalue weighted by Gasteiger charge is 2.20. The molecule has 0 atom stereocenters. The topological polar surface area (TPSA) is 73.2 Å². The second-order valence-electron chi connectivity index (χ2n) is 6.70. The molecule has 7 heteroatoms. The van der Waals surface area contributed by atoms with E-state index in [1.807, 2.05) is 24.3 Å². The summed E-state index contributed by atoms with van der Waals surface area (Å²) in [5, 5.41) is 3.56. The zero-order valence-corrected chi connectivity index (χ0v) is 16.0. The highest BCUT2D eigenvalue weighted by Crippen LogP contribution is 2.33. The van der Waals surface area contributed by atoms with Crippen molar-refractivity contribution in [3.05, 3.63) is 57.0 Å². The van der Waals surface area contributed by atoms with Crippen molar-refractivity contribution in [2.24, 2.45) is 0 Å². The first-order valence-corrected chi connectivity index (χ1v) is 9.86. The van der Waals surface area contributed by atoms with Crippen LogP contribution in [0.4, 0.5) is 0 Å². The molecule has 0 aliphatic heterocycles. The van der Waals surface area contributed by atoms with Gasteiger partial charge in [0.15, 0.2) is 0 Å². The Kier molecular flexibility index (Phi) is 4.94. The fourth-order valence-corrected chi connectivity index (χ4v) is 4.71. The van der Waals surface area contributed by atoms with Crippen LogP contribution < -0.4 is 15.6 Å². The molecular weight excluding hydrogens is 362 g/mol. The Bertz CT molecular complexity index is 1050. The normalized spacial score (nSPS) is 13.4. The predicted molar refractivity (Wildman–Crippen MR) is 105 cm³/mol. The van der Waals surface area contributed by atoms with Gasteiger partial charge >= 0.3 is 0 Å². The highest BCUT2D eigenvalue weighted by molar-refractivity contribution is 7.18. The maximum Gasteiger partial charge on any atom is 0.262 e. The molecule has 0 radical (unpaired) electrons. The molecule has 0 unspecified atom stereocenters. The first kappa shape index (κ1) is 17.7. The van der Waals surface area contributed by atoms with Crippen LogP contribution in [0.3, 0.4) is 0 Å². The summed E-state index contributed by atoms with van der Waals surface area (Å²) >= 11 is 1.62. The molecule has 0 bridgehead atoms. The van der Waals surface area contributed by atoms with Crippen molar-refractivity contribution in [2.75, 3.05) is 7.11 Å². The molecular formula is C20H21N3O3S. The zero-order chi connectivity index (χ0) is 18.8. The molecule has 4 rings (SSSR count). The number of hydrogen-bond acceptors (Lipinski definition) is 5. The van der Waals surface area contributed by atoms with Crippen LogP contribution in [0.15, 0.2) is 35.4 Å². The molecule has 2 aromatic heterocycles. The van der Waals surface area contributed by atoms with E-state index in [4.69, 9.17) is 4.74 Å². The van der Waals surface area contributed by atoms with Gasteiger partial charge in [0.05, 0.1) is 18.8 Å². The van der Waals surface area contributed by atoms with E-state index in [0.29, 0.717) is 11.9 Å². The van der Waals surface area contributed by atoms with E-state index in [-0.39, 0.29) is 18.0 Å². The average molecular weight is 383 g/mol. The second kappa shape index (κ2) is 7.52. The molecule has 3 aromatic rings. The number of amides is 1. The largest absolute Gasteiger partial charge is 0.497 e. The minimum absolute atomic E-state index is 0.0314. The third kappa shape index (κ3) is 3.60. The SMILES string of the molecule is COc1cccc(CNC(=O)Cn2cnc3sc4c(c3c2=O)CCCC4)c1. The number of ether oxygens (including phenoxy) is 1. The van der Waals surface area contributed by atoms with Gasteiger partial charge < -0.3 is 10.1 Å². The van der Waals surface area contributed by atoms with E-state index >= 15 is 0 Å². The van der Waals surface area contributed by atoms with Crippen molar-refractivity contribution in [1.82, 2.24) is 14.9 Å². The Balaban J connectivity index is 1.50. The van der Waals surface area contributed by atoms with Gasteiger partial charge in [-0.05, 0) is 48.9 Å². The smallest absolute Gasteiger partial charge is 0.262 e. The Hall–Kier alpha value is -2.67. The van der Waals surface area contributed by atoms with Crippen molar-refractivity contribution in [1.29, 1.82) is 0 Å². The molecule has 0 fully saturated rings. The lowest BCUT2D eigenvalue weighted by Gasteiger charge is -2.11. The van der Waals surface area contributed by atoms with Gasteiger partial charge in [-0.25, -0.2) is 4.98 Å². The van der Waals surface area contributed by atoms with Crippen LogP contribution in [0.5, 0.6) is 5.75 Å². The van der Waals surface area contributed by atoms with E-state index < -0.39 is 0 Å². The predicted octanol–water partition coefficient (Wildman–Crippen LogP) is 2.66. The van der Waals surface area contributed by atoms with Crippen LogP contribution in [0, 0.1) is 0 Å². The summed E-state index contributed by atoms with van der Waals surface area (Å²) in [6, 6.07) is 7.52. The van der Waals surface area contributed by atoms with Gasteiger partial charge in [-0.1, -0.05) is 12.1 Å². The molecule has 1 N–H and O–H groups in total. The minimum Gasteiger partial charge on any atom is -0.497 e. The lowest BCUT2D eigenvalue weighted by Crippen LogP contribution is -2.32. The molecule has 0 saturated heterocycles. The van der Waals surface area contributed by atoms with Gasteiger partial charge in [0.2, 0.25) is 5.91 Å². The van der Waals surface area contributed by atoms with Gasteiger partial charge in [0.25, 0.3) is 5.56 Å². The summed E-state index contributed by atoms with van der Waals surface area (Å²) in [5.74, 6) is 0.528. The number of aryl methyl sites for hydroxylation is 2. The highest BCUT2D eigenvalue weighted by atomic mass is 32.1. The monoisotopic (exact) mass is 383 g/mol. The zero-order valence-electron chi connectivity index (χ0n) is 15.2. The molecule has 1 amide bonds. The molecule has 0 saturated carbocycles. The molecule has 1 aromatic carbocycles. The van der Waals surface area contributed by atoms with Crippen LogP contribution in [-0.2, 0) is 30.7 Å². The molecule has 1 aliphatic carbocycles. The lowest BCUT2D eigenvalue weighted by atomic mass is 9.97. The summed E-state index contributed by atoms with van der Waals surface area (Å²) in [4.78, 5) is 31.7.